The molecule has 2 aliphatic carbocycles. The minimum Gasteiger partial charge on any atom is -0.383 e. The maximum Gasteiger partial charge on any atom is 0.269 e. The van der Waals surface area contributed by atoms with E-state index in [0.717, 1.165) is 85.3 Å². The molecule has 6 heterocycles. The lowest BCUT2D eigenvalue weighted by molar-refractivity contribution is 0.191. The van der Waals surface area contributed by atoms with E-state index in [-0.39, 0.29) is 4.90 Å². The quantitative estimate of drug-likeness (QED) is 0.0960. The molecule has 0 atom stereocenters. The zero-order valence-electron chi connectivity index (χ0n) is 35.6. The third-order valence-electron chi connectivity index (χ3n) is 12.4. The highest BCUT2D eigenvalue weighted by Gasteiger charge is 2.27. The molecule has 14 nitrogen and oxygen atoms in total. The van der Waals surface area contributed by atoms with E-state index in [1.54, 1.807) is 61.6 Å². The Balaban J connectivity index is 0.000000176. The fraction of sp³-hybridized carbons (Fsp3) is 0.435. The molecule has 1 aromatic carbocycles. The summed E-state index contributed by atoms with van der Waals surface area (Å²) >= 11 is 0. The first-order valence-electron chi connectivity index (χ1n) is 21.4. The number of pyridine rings is 2. The van der Waals surface area contributed by atoms with Crippen molar-refractivity contribution in [2.24, 2.45) is 14.1 Å². The first-order chi connectivity index (χ1) is 29.7. The molecule has 2 saturated carbocycles. The summed E-state index contributed by atoms with van der Waals surface area (Å²) in [5.41, 5.74) is 7.89. The van der Waals surface area contributed by atoms with Gasteiger partial charge in [0.1, 0.15) is 5.65 Å². The van der Waals surface area contributed by atoms with Gasteiger partial charge >= 0.3 is 0 Å². The Morgan fingerprint density at radius 2 is 1.23 bits per heavy atom. The molecule has 3 N–H and O–H groups in total. The lowest BCUT2D eigenvalue weighted by atomic mass is 9.82. The summed E-state index contributed by atoms with van der Waals surface area (Å²) in [7, 11) is 3.48. The van der Waals surface area contributed by atoms with Crippen molar-refractivity contribution >= 4 is 32.1 Å². The van der Waals surface area contributed by atoms with E-state index in [2.05, 4.69) is 49.1 Å². The van der Waals surface area contributed by atoms with Crippen LogP contribution in [0.15, 0.2) is 96.9 Å². The molecule has 15 heteroatoms. The number of aryl methyl sites for hydroxylation is 2. The van der Waals surface area contributed by atoms with Crippen molar-refractivity contribution in [2.45, 2.75) is 80.2 Å². The number of benzene rings is 1. The predicted octanol–water partition coefficient (Wildman–Crippen LogP) is 7.16. The number of nitrogens with zero attached hydrogens (tertiary/aromatic N) is 7. The van der Waals surface area contributed by atoms with E-state index < -0.39 is 10.0 Å². The van der Waals surface area contributed by atoms with E-state index in [9.17, 15) is 8.42 Å². The summed E-state index contributed by atoms with van der Waals surface area (Å²) < 4.78 is 42.2. The third kappa shape index (κ3) is 9.66. The van der Waals surface area contributed by atoms with Gasteiger partial charge in [0.05, 0.1) is 30.5 Å². The minimum atomic E-state index is -3.79. The van der Waals surface area contributed by atoms with E-state index in [4.69, 9.17) is 14.5 Å². The molecule has 0 unspecified atom stereocenters. The monoisotopic (exact) mass is 846 g/mol. The van der Waals surface area contributed by atoms with E-state index in [1.165, 1.54) is 46.2 Å². The number of H-pyrrole nitrogens is 1. The second-order valence-corrected chi connectivity index (χ2v) is 18.3. The average molecular weight is 847 g/mol. The Morgan fingerprint density at radius 3 is 1.77 bits per heavy atom. The van der Waals surface area contributed by atoms with Crippen molar-refractivity contribution in [1.82, 2.24) is 49.1 Å². The summed E-state index contributed by atoms with van der Waals surface area (Å²) in [6, 6.07) is 14.1. The average Bonchev–Trinajstić information content (AvgIpc) is 4.10. The fourth-order valence-corrected chi connectivity index (χ4v) is 10.4. The van der Waals surface area contributed by atoms with E-state index in [1.807, 2.05) is 49.8 Å². The van der Waals surface area contributed by atoms with E-state index >= 15 is 0 Å². The predicted molar refractivity (Wildman–Crippen MR) is 239 cm³/mol. The van der Waals surface area contributed by atoms with Crippen LogP contribution in [0.1, 0.15) is 74.3 Å². The van der Waals surface area contributed by atoms with Crippen molar-refractivity contribution < 1.29 is 17.9 Å². The second-order valence-electron chi connectivity index (χ2n) is 16.5. The molecule has 0 bridgehead atoms. The molecule has 61 heavy (non-hydrogen) atoms. The number of methoxy groups -OCH3 is 2. The lowest BCUT2D eigenvalue weighted by Gasteiger charge is -2.29. The van der Waals surface area contributed by atoms with Crippen LogP contribution in [0.2, 0.25) is 0 Å². The van der Waals surface area contributed by atoms with Gasteiger partial charge in [-0.3, -0.25) is 9.36 Å². The summed E-state index contributed by atoms with van der Waals surface area (Å²) in [6.07, 6.45) is 24.5. The van der Waals surface area contributed by atoms with Gasteiger partial charge in [0.15, 0.2) is 5.65 Å². The van der Waals surface area contributed by atoms with Crippen molar-refractivity contribution in [3.05, 3.63) is 103 Å². The molecule has 322 valence electrons. The first kappa shape index (κ1) is 42.5. The zero-order chi connectivity index (χ0) is 42.3. The van der Waals surface area contributed by atoms with Crippen LogP contribution in [0.5, 0.6) is 0 Å². The normalized spacial score (nSPS) is 19.6. The third-order valence-corrected chi connectivity index (χ3v) is 14.1. The number of aromatic amines is 1. The van der Waals surface area contributed by atoms with Crippen LogP contribution in [0.3, 0.4) is 0 Å². The Hall–Kier alpha value is -5.19. The molecule has 6 aromatic heterocycles. The Labute approximate surface area is 358 Å². The Bertz CT molecular complexity index is 2620. The highest BCUT2D eigenvalue weighted by atomic mass is 32.2. The highest BCUT2D eigenvalue weighted by molar-refractivity contribution is 7.90. The van der Waals surface area contributed by atoms with Gasteiger partial charge in [0.2, 0.25) is 0 Å². The number of hydrogen-bond acceptors (Lipinski definition) is 10. The fourth-order valence-electron chi connectivity index (χ4n) is 9.03. The smallest absolute Gasteiger partial charge is 0.269 e. The largest absolute Gasteiger partial charge is 0.383 e. The van der Waals surface area contributed by atoms with Gasteiger partial charge in [-0.1, -0.05) is 18.2 Å². The van der Waals surface area contributed by atoms with Crippen LogP contribution in [0, 0.1) is 0 Å². The molecular weight excluding hydrogens is 789 g/mol. The van der Waals surface area contributed by atoms with Gasteiger partial charge in [-0.05, 0) is 98.6 Å². The van der Waals surface area contributed by atoms with Gasteiger partial charge in [-0.15, -0.1) is 0 Å². The molecular formula is C46H58N10O4S. The molecule has 0 aliphatic heterocycles. The van der Waals surface area contributed by atoms with Crippen LogP contribution < -0.4 is 10.6 Å². The molecule has 7 aromatic rings. The lowest BCUT2D eigenvalue weighted by Crippen LogP contribution is -2.34. The number of rotatable bonds is 14. The Morgan fingerprint density at radius 1 is 0.689 bits per heavy atom. The number of ether oxygens (including phenoxy) is 2. The summed E-state index contributed by atoms with van der Waals surface area (Å²) in [4.78, 5) is 12.9. The van der Waals surface area contributed by atoms with Crippen molar-refractivity contribution in [1.29, 1.82) is 0 Å². The molecule has 0 radical (unpaired) electrons. The van der Waals surface area contributed by atoms with Gasteiger partial charge < -0.3 is 25.1 Å². The topological polar surface area (TPSA) is 159 Å². The first-order valence-corrected chi connectivity index (χ1v) is 22.9. The van der Waals surface area contributed by atoms with Gasteiger partial charge in [0, 0.05) is 124 Å². The summed E-state index contributed by atoms with van der Waals surface area (Å²) in [5, 5.41) is 17.8. The maximum atomic E-state index is 13.5. The standard InChI is InChI=1S/C26H31N5O3S.C20H27N5O/c1-30-17-21(16-29-30)25-18-31(35(32,33)23-6-4-3-5-7-23)26-24(25)14-20(15-28-26)19-8-10-22(11-9-19)27-12-13-34-2;1-25-13-16(11-24-25)19-12-23-20-18(19)9-15(10-22-20)14-3-5-17(6-4-14)21-7-8-26-2/h3-7,14-19,22,27H,8-13H2,1-2H3;9-14,17,21H,3-8H2,1-2H3,(H,22,23). The summed E-state index contributed by atoms with van der Waals surface area (Å²) in [6.45, 7) is 3.32. The van der Waals surface area contributed by atoms with E-state index in [0.29, 0.717) is 29.6 Å². The van der Waals surface area contributed by atoms with Crippen molar-refractivity contribution in [3.63, 3.8) is 0 Å². The molecule has 9 rings (SSSR count). The number of nitrogens with one attached hydrogen (secondary N) is 3. The second kappa shape index (κ2) is 19.2. The van der Waals surface area contributed by atoms with Crippen LogP contribution in [-0.4, -0.2) is 99.5 Å². The van der Waals surface area contributed by atoms with Gasteiger partial charge in [0.25, 0.3) is 10.0 Å². The zero-order valence-corrected chi connectivity index (χ0v) is 36.4. The minimum absolute atomic E-state index is 0.236. The van der Waals surface area contributed by atoms with Crippen LogP contribution in [-0.2, 0) is 33.6 Å². The van der Waals surface area contributed by atoms with Crippen molar-refractivity contribution in [2.75, 3.05) is 40.5 Å². The van der Waals surface area contributed by atoms with Crippen LogP contribution in [0.4, 0.5) is 0 Å². The highest BCUT2D eigenvalue weighted by Crippen LogP contribution is 2.38. The van der Waals surface area contributed by atoms with Crippen LogP contribution in [0.25, 0.3) is 44.3 Å². The van der Waals surface area contributed by atoms with Crippen LogP contribution >= 0.6 is 0 Å². The molecule has 2 aliphatic rings. The summed E-state index contributed by atoms with van der Waals surface area (Å²) in [5.74, 6) is 1.01. The molecule has 0 spiro atoms. The van der Waals surface area contributed by atoms with Gasteiger partial charge in [-0.25, -0.2) is 22.4 Å². The van der Waals surface area contributed by atoms with Gasteiger partial charge in [-0.2, -0.15) is 10.2 Å². The maximum absolute atomic E-state index is 13.5. The number of fused-ring (bicyclic) bond motifs is 2. The number of hydrogen-bond donors (Lipinski definition) is 3. The molecule has 0 saturated heterocycles. The van der Waals surface area contributed by atoms with Crippen molar-refractivity contribution in [3.8, 4) is 22.3 Å². The Kier molecular flexibility index (Phi) is 13.4. The molecule has 2 fully saturated rings. The molecule has 0 amide bonds. The number of aromatic nitrogens is 8. The SMILES string of the molecule is COCCNC1CCC(c2cnc3[nH]cc(-c4cnn(C)c4)c3c2)CC1.COCCNC1CCC(c2cnc3c(c2)c(-c2cnn(C)c2)cn3S(=O)(=O)c2ccccc2)CC1.